The maximum Gasteiger partial charge on any atom is 0.411 e. The topological polar surface area (TPSA) is 77.1 Å². The van der Waals surface area contributed by atoms with Gasteiger partial charge in [0.1, 0.15) is 12.4 Å². The quantitative estimate of drug-likeness (QED) is 0.212. The van der Waals surface area contributed by atoms with Gasteiger partial charge in [-0.2, -0.15) is 13.2 Å². The van der Waals surface area contributed by atoms with Crippen LogP contribution in [-0.2, 0) is 4.74 Å². The van der Waals surface area contributed by atoms with Gasteiger partial charge in [-0.3, -0.25) is 0 Å². The maximum atomic E-state index is 11.8. The fourth-order valence-electron chi connectivity index (χ4n) is 1.12. The summed E-state index contributed by atoms with van der Waals surface area (Å²) in [6, 6.07) is 6.16. The molecule has 18 heavy (non-hydrogen) atoms. The Morgan fingerprint density at radius 2 is 2.00 bits per heavy atom. The van der Waals surface area contributed by atoms with Gasteiger partial charge in [0.05, 0.1) is 5.56 Å². The first-order valence-corrected chi connectivity index (χ1v) is 4.78. The van der Waals surface area contributed by atoms with Crippen LogP contribution in [0.2, 0.25) is 0 Å². The van der Waals surface area contributed by atoms with Gasteiger partial charge in [0, 0.05) is 0 Å². The van der Waals surface area contributed by atoms with Gasteiger partial charge in [-0.05, 0) is 12.1 Å². The highest BCUT2D eigenvalue weighted by molar-refractivity contribution is 5.99. The van der Waals surface area contributed by atoms with Crippen molar-refractivity contribution in [1.29, 1.82) is 0 Å². The van der Waals surface area contributed by atoms with Gasteiger partial charge in [0.2, 0.25) is 0 Å². The Labute approximate surface area is 101 Å². The number of benzene rings is 1. The number of amidine groups is 1. The number of hydrogen-bond acceptors (Lipinski definition) is 4. The largest absolute Gasteiger partial charge is 0.467 e. The summed E-state index contributed by atoms with van der Waals surface area (Å²) in [5, 5.41) is 11.3. The third-order valence-electron chi connectivity index (χ3n) is 1.83. The molecule has 0 radical (unpaired) electrons. The Morgan fingerprint density at radius 3 is 2.61 bits per heavy atom. The predicted octanol–water partition coefficient (Wildman–Crippen LogP) is 1.70. The number of nitrogens with zero attached hydrogens (tertiary/aromatic N) is 1. The molecule has 0 aliphatic heterocycles. The Kier molecular flexibility index (Phi) is 4.78. The van der Waals surface area contributed by atoms with E-state index in [4.69, 9.17) is 15.7 Å². The summed E-state index contributed by atoms with van der Waals surface area (Å²) < 4.78 is 44.6. The lowest BCUT2D eigenvalue weighted by Gasteiger charge is -2.11. The molecule has 0 spiro atoms. The van der Waals surface area contributed by atoms with Crippen molar-refractivity contribution in [3.8, 4) is 5.75 Å². The fourth-order valence-corrected chi connectivity index (χ4v) is 1.12. The summed E-state index contributed by atoms with van der Waals surface area (Å²) in [6.45, 7) is -1.99. The lowest BCUT2D eigenvalue weighted by Crippen LogP contribution is -2.20. The second-order valence-electron chi connectivity index (χ2n) is 3.21. The predicted molar refractivity (Wildman–Crippen MR) is 56.5 cm³/mol. The van der Waals surface area contributed by atoms with E-state index in [9.17, 15) is 13.2 Å². The van der Waals surface area contributed by atoms with E-state index in [1.165, 1.54) is 12.1 Å². The molecule has 3 N–H and O–H groups in total. The summed E-state index contributed by atoms with van der Waals surface area (Å²) in [6.07, 6.45) is -4.41. The summed E-state index contributed by atoms with van der Waals surface area (Å²) in [4.78, 5) is 0. The monoisotopic (exact) mass is 264 g/mol. The molecular weight excluding hydrogens is 253 g/mol. The van der Waals surface area contributed by atoms with Crippen LogP contribution in [0.1, 0.15) is 5.56 Å². The molecule has 8 heteroatoms. The number of hydrogen-bond donors (Lipinski definition) is 2. The summed E-state index contributed by atoms with van der Waals surface area (Å²) in [7, 11) is 0. The van der Waals surface area contributed by atoms with Crippen molar-refractivity contribution < 1.29 is 27.9 Å². The number of alkyl halides is 3. The Balaban J connectivity index is 2.57. The second kappa shape index (κ2) is 6.10. The number of para-hydroxylation sites is 1. The highest BCUT2D eigenvalue weighted by Crippen LogP contribution is 2.18. The van der Waals surface area contributed by atoms with Crippen LogP contribution in [0.15, 0.2) is 29.4 Å². The van der Waals surface area contributed by atoms with Crippen LogP contribution in [0.3, 0.4) is 0 Å². The molecule has 1 aromatic carbocycles. The minimum Gasteiger partial charge on any atom is -0.467 e. The zero-order chi connectivity index (χ0) is 13.6. The molecule has 0 fully saturated rings. The van der Waals surface area contributed by atoms with Crippen molar-refractivity contribution in [2.75, 3.05) is 13.4 Å². The molecule has 0 saturated carbocycles. The number of nitrogens with two attached hydrogens (primary N) is 1. The Hall–Kier alpha value is -1.96. The van der Waals surface area contributed by atoms with Gasteiger partial charge >= 0.3 is 6.18 Å². The normalized spacial score (nSPS) is 12.5. The van der Waals surface area contributed by atoms with Crippen LogP contribution < -0.4 is 10.5 Å². The van der Waals surface area contributed by atoms with Crippen molar-refractivity contribution >= 4 is 5.84 Å². The molecule has 0 saturated heterocycles. The van der Waals surface area contributed by atoms with Gasteiger partial charge in [0.15, 0.2) is 12.6 Å². The molecule has 0 unspecified atom stereocenters. The van der Waals surface area contributed by atoms with Crippen LogP contribution in [-0.4, -0.2) is 30.6 Å². The third kappa shape index (κ3) is 4.50. The van der Waals surface area contributed by atoms with Crippen LogP contribution in [0, 0.1) is 0 Å². The first-order chi connectivity index (χ1) is 8.44. The van der Waals surface area contributed by atoms with E-state index in [1.54, 1.807) is 12.1 Å². The number of halogens is 3. The molecule has 0 bridgehead atoms. The SMILES string of the molecule is N/C(=N/O)c1ccccc1OCOCC(F)(F)F. The van der Waals surface area contributed by atoms with E-state index in [2.05, 4.69) is 9.89 Å². The number of oxime groups is 1. The minimum absolute atomic E-state index is 0.162. The number of ether oxygens (including phenoxy) is 2. The van der Waals surface area contributed by atoms with E-state index < -0.39 is 19.6 Å². The molecule has 0 atom stereocenters. The van der Waals surface area contributed by atoms with E-state index in [0.717, 1.165) is 0 Å². The van der Waals surface area contributed by atoms with Crippen LogP contribution in [0.5, 0.6) is 5.75 Å². The van der Waals surface area contributed by atoms with Gasteiger partial charge in [-0.15, -0.1) is 0 Å². The standard InChI is InChI=1S/C10H11F3N2O3/c11-10(12,13)5-17-6-18-8-4-2-1-3-7(8)9(14)15-16/h1-4,16H,5-6H2,(H2,14,15). The molecule has 0 amide bonds. The summed E-state index contributed by atoms with van der Waals surface area (Å²) >= 11 is 0. The minimum atomic E-state index is -4.41. The fraction of sp³-hybridized carbons (Fsp3) is 0.300. The van der Waals surface area contributed by atoms with Gasteiger partial charge < -0.3 is 20.4 Å². The lowest BCUT2D eigenvalue weighted by atomic mass is 10.2. The molecule has 0 heterocycles. The average molecular weight is 264 g/mol. The highest BCUT2D eigenvalue weighted by Gasteiger charge is 2.27. The summed E-state index contributed by atoms with van der Waals surface area (Å²) in [5.41, 5.74) is 5.63. The van der Waals surface area contributed by atoms with Gasteiger partial charge in [0.25, 0.3) is 0 Å². The zero-order valence-corrected chi connectivity index (χ0v) is 9.15. The lowest BCUT2D eigenvalue weighted by molar-refractivity contribution is -0.186. The van der Waals surface area contributed by atoms with Crippen molar-refractivity contribution in [2.45, 2.75) is 6.18 Å². The summed E-state index contributed by atoms with van der Waals surface area (Å²) in [5.74, 6) is -0.0450. The van der Waals surface area contributed by atoms with Gasteiger partial charge in [-0.1, -0.05) is 17.3 Å². The second-order valence-corrected chi connectivity index (χ2v) is 3.21. The molecule has 5 nitrogen and oxygen atoms in total. The van der Waals surface area contributed by atoms with Crippen molar-refractivity contribution in [1.82, 2.24) is 0 Å². The number of rotatable bonds is 5. The van der Waals surface area contributed by atoms with E-state index >= 15 is 0 Å². The smallest absolute Gasteiger partial charge is 0.411 e. The molecule has 1 aromatic rings. The van der Waals surface area contributed by atoms with Crippen LogP contribution in [0.25, 0.3) is 0 Å². The third-order valence-corrected chi connectivity index (χ3v) is 1.83. The molecule has 0 aromatic heterocycles. The maximum absolute atomic E-state index is 11.8. The highest BCUT2D eigenvalue weighted by atomic mass is 19.4. The molecule has 0 aliphatic rings. The van der Waals surface area contributed by atoms with Crippen molar-refractivity contribution in [3.05, 3.63) is 29.8 Å². The van der Waals surface area contributed by atoms with Crippen molar-refractivity contribution in [3.63, 3.8) is 0 Å². The average Bonchev–Trinajstić information content (AvgIpc) is 2.33. The van der Waals surface area contributed by atoms with E-state index in [0.29, 0.717) is 0 Å². The zero-order valence-electron chi connectivity index (χ0n) is 9.15. The Morgan fingerprint density at radius 1 is 1.33 bits per heavy atom. The first kappa shape index (κ1) is 14.1. The van der Waals surface area contributed by atoms with E-state index in [-0.39, 0.29) is 17.1 Å². The first-order valence-electron chi connectivity index (χ1n) is 4.78. The van der Waals surface area contributed by atoms with Crippen LogP contribution >= 0.6 is 0 Å². The van der Waals surface area contributed by atoms with Gasteiger partial charge in [-0.25, -0.2) is 0 Å². The van der Waals surface area contributed by atoms with E-state index in [1.807, 2.05) is 0 Å². The molecule has 0 aliphatic carbocycles. The van der Waals surface area contributed by atoms with Crippen LogP contribution in [0.4, 0.5) is 13.2 Å². The molecular formula is C10H11F3N2O3. The van der Waals surface area contributed by atoms with Crippen molar-refractivity contribution in [2.24, 2.45) is 10.9 Å². The molecule has 100 valence electrons. The Bertz CT molecular complexity index is 421. The molecule has 1 rings (SSSR count).